The molecule has 0 radical (unpaired) electrons. The van der Waals surface area contributed by atoms with Gasteiger partial charge in [-0.15, -0.1) is 0 Å². The summed E-state index contributed by atoms with van der Waals surface area (Å²) in [6.45, 7) is 6.15. The molecule has 1 amide bonds. The average Bonchev–Trinajstić information content (AvgIpc) is 2.63. The Morgan fingerprint density at radius 1 is 1.47 bits per heavy atom. The Balaban J connectivity index is 2.25. The van der Waals surface area contributed by atoms with Crippen LogP contribution >= 0.6 is 0 Å². The highest BCUT2D eigenvalue weighted by molar-refractivity contribution is 5.75. The van der Waals surface area contributed by atoms with Crippen molar-refractivity contribution in [2.24, 2.45) is 5.92 Å². The number of carbonyl (C=O) groups is 2. The molecular formula is C13H21N3O3. The van der Waals surface area contributed by atoms with Gasteiger partial charge >= 0.3 is 5.97 Å². The Bertz CT molecular complexity index is 454. The molecule has 1 unspecified atom stereocenters. The minimum absolute atomic E-state index is 0.103. The third kappa shape index (κ3) is 5.11. The first-order valence-corrected chi connectivity index (χ1v) is 6.40. The number of aromatic nitrogens is 2. The second-order valence-corrected chi connectivity index (χ2v) is 4.82. The molecule has 19 heavy (non-hydrogen) atoms. The van der Waals surface area contributed by atoms with Crippen molar-refractivity contribution < 1.29 is 14.7 Å². The highest BCUT2D eigenvalue weighted by atomic mass is 16.4. The van der Waals surface area contributed by atoms with Gasteiger partial charge in [-0.2, -0.15) is 5.10 Å². The van der Waals surface area contributed by atoms with Gasteiger partial charge in [-0.3, -0.25) is 14.3 Å². The van der Waals surface area contributed by atoms with E-state index in [1.54, 1.807) is 11.6 Å². The smallest absolute Gasteiger partial charge is 0.306 e. The van der Waals surface area contributed by atoms with Gasteiger partial charge in [0, 0.05) is 12.2 Å². The van der Waals surface area contributed by atoms with Crippen LogP contribution in [-0.4, -0.2) is 33.3 Å². The van der Waals surface area contributed by atoms with Gasteiger partial charge in [0.25, 0.3) is 0 Å². The van der Waals surface area contributed by atoms with Crippen molar-refractivity contribution in [3.63, 3.8) is 0 Å². The lowest BCUT2D eigenvalue weighted by atomic mass is 10.1. The Hall–Kier alpha value is -1.85. The molecule has 0 saturated carbocycles. The number of hydrogen-bond donors (Lipinski definition) is 2. The molecule has 1 aromatic heterocycles. The van der Waals surface area contributed by atoms with E-state index in [0.29, 0.717) is 19.4 Å². The zero-order valence-electron chi connectivity index (χ0n) is 11.6. The van der Waals surface area contributed by atoms with Crippen LogP contribution in [0.1, 0.15) is 31.2 Å². The van der Waals surface area contributed by atoms with Gasteiger partial charge in [0.1, 0.15) is 6.54 Å². The van der Waals surface area contributed by atoms with Crippen molar-refractivity contribution in [3.8, 4) is 0 Å². The number of amides is 1. The molecule has 106 valence electrons. The molecule has 1 rings (SSSR count). The zero-order valence-corrected chi connectivity index (χ0v) is 11.6. The van der Waals surface area contributed by atoms with Gasteiger partial charge in [-0.25, -0.2) is 0 Å². The monoisotopic (exact) mass is 267 g/mol. The number of hydrogen-bond acceptors (Lipinski definition) is 3. The Kier molecular flexibility index (Phi) is 5.54. The summed E-state index contributed by atoms with van der Waals surface area (Å²) in [5, 5.41) is 15.7. The second-order valence-electron chi connectivity index (χ2n) is 4.82. The van der Waals surface area contributed by atoms with Gasteiger partial charge in [-0.1, -0.05) is 6.92 Å². The number of carbonyl (C=O) groups excluding carboxylic acids is 1. The van der Waals surface area contributed by atoms with Gasteiger partial charge in [0.2, 0.25) is 5.91 Å². The largest absolute Gasteiger partial charge is 0.481 e. The summed E-state index contributed by atoms with van der Waals surface area (Å²) in [4.78, 5) is 22.3. The minimum atomic E-state index is -0.797. The number of aliphatic carboxylic acids is 1. The molecule has 0 saturated heterocycles. The second kappa shape index (κ2) is 6.92. The number of aryl methyl sites for hydroxylation is 2. The number of carboxylic acid groups (broad SMARTS) is 1. The summed E-state index contributed by atoms with van der Waals surface area (Å²) in [6, 6.07) is 1.92. The van der Waals surface area contributed by atoms with Crippen LogP contribution < -0.4 is 5.32 Å². The van der Waals surface area contributed by atoms with Crippen molar-refractivity contribution in [1.29, 1.82) is 0 Å². The molecule has 1 aromatic rings. The van der Waals surface area contributed by atoms with E-state index in [2.05, 4.69) is 10.4 Å². The first-order chi connectivity index (χ1) is 8.90. The van der Waals surface area contributed by atoms with Gasteiger partial charge in [-0.05, 0) is 32.8 Å². The van der Waals surface area contributed by atoms with E-state index in [4.69, 9.17) is 5.11 Å². The van der Waals surface area contributed by atoms with E-state index in [9.17, 15) is 9.59 Å². The van der Waals surface area contributed by atoms with Crippen molar-refractivity contribution in [2.45, 2.75) is 40.2 Å². The molecule has 0 spiro atoms. The third-order valence-electron chi connectivity index (χ3n) is 2.95. The van der Waals surface area contributed by atoms with Crippen molar-refractivity contribution >= 4 is 11.9 Å². The van der Waals surface area contributed by atoms with Crippen LogP contribution in [-0.2, 0) is 16.1 Å². The molecular weight excluding hydrogens is 246 g/mol. The molecule has 6 nitrogen and oxygen atoms in total. The van der Waals surface area contributed by atoms with Crippen LogP contribution in [0, 0.1) is 19.8 Å². The fourth-order valence-corrected chi connectivity index (χ4v) is 1.79. The predicted molar refractivity (Wildman–Crippen MR) is 70.7 cm³/mol. The van der Waals surface area contributed by atoms with E-state index in [1.807, 2.05) is 19.9 Å². The van der Waals surface area contributed by atoms with Crippen molar-refractivity contribution in [1.82, 2.24) is 15.1 Å². The molecule has 6 heteroatoms. The SMILES string of the molecule is Cc1cc(C)n(CC(=O)NCCCC(C)C(=O)O)n1. The Labute approximate surface area is 112 Å². The molecule has 0 aliphatic carbocycles. The first kappa shape index (κ1) is 15.2. The van der Waals surface area contributed by atoms with E-state index < -0.39 is 5.97 Å². The van der Waals surface area contributed by atoms with Crippen molar-refractivity contribution in [2.75, 3.05) is 6.54 Å². The first-order valence-electron chi connectivity index (χ1n) is 6.40. The number of rotatable bonds is 7. The van der Waals surface area contributed by atoms with Crippen LogP contribution in [0.2, 0.25) is 0 Å². The molecule has 1 atom stereocenters. The Morgan fingerprint density at radius 2 is 2.16 bits per heavy atom. The van der Waals surface area contributed by atoms with E-state index >= 15 is 0 Å². The normalized spacial score (nSPS) is 12.2. The maximum absolute atomic E-state index is 11.7. The average molecular weight is 267 g/mol. The van der Waals surface area contributed by atoms with E-state index in [0.717, 1.165) is 11.4 Å². The third-order valence-corrected chi connectivity index (χ3v) is 2.95. The van der Waals surface area contributed by atoms with Gasteiger partial charge < -0.3 is 10.4 Å². The van der Waals surface area contributed by atoms with Crippen LogP contribution in [0.15, 0.2) is 6.07 Å². The summed E-state index contributed by atoms with van der Waals surface area (Å²) in [7, 11) is 0. The number of nitrogens with one attached hydrogen (secondary N) is 1. The van der Waals surface area contributed by atoms with Gasteiger partial charge in [0.05, 0.1) is 11.6 Å². The van der Waals surface area contributed by atoms with Crippen LogP contribution in [0.25, 0.3) is 0 Å². The lowest BCUT2D eigenvalue weighted by molar-refractivity contribution is -0.141. The van der Waals surface area contributed by atoms with E-state index in [1.165, 1.54) is 0 Å². The van der Waals surface area contributed by atoms with Crippen molar-refractivity contribution in [3.05, 3.63) is 17.5 Å². The summed E-state index contributed by atoms with van der Waals surface area (Å²) in [6.07, 6.45) is 1.23. The molecule has 0 fully saturated rings. The maximum Gasteiger partial charge on any atom is 0.306 e. The molecule has 0 bridgehead atoms. The predicted octanol–water partition coefficient (Wildman–Crippen LogP) is 1.12. The van der Waals surface area contributed by atoms with Crippen LogP contribution in [0.3, 0.4) is 0 Å². The summed E-state index contributed by atoms with van der Waals surface area (Å²) >= 11 is 0. The number of nitrogens with zero attached hydrogens (tertiary/aromatic N) is 2. The van der Waals surface area contributed by atoms with Crippen LogP contribution in [0.5, 0.6) is 0 Å². The quantitative estimate of drug-likeness (QED) is 0.725. The molecule has 0 aliphatic rings. The lowest BCUT2D eigenvalue weighted by Gasteiger charge is -2.08. The topological polar surface area (TPSA) is 84.2 Å². The number of carboxylic acids is 1. The maximum atomic E-state index is 11.7. The fourth-order valence-electron chi connectivity index (χ4n) is 1.79. The lowest BCUT2D eigenvalue weighted by Crippen LogP contribution is -2.29. The molecule has 1 heterocycles. The standard InChI is InChI=1S/C13H21N3O3/c1-9(13(18)19)5-4-6-14-12(17)8-16-11(3)7-10(2)15-16/h7,9H,4-6,8H2,1-3H3,(H,14,17)(H,18,19). The zero-order chi connectivity index (χ0) is 14.4. The minimum Gasteiger partial charge on any atom is -0.481 e. The van der Waals surface area contributed by atoms with Gasteiger partial charge in [0.15, 0.2) is 0 Å². The fraction of sp³-hybridized carbons (Fsp3) is 0.615. The summed E-state index contributed by atoms with van der Waals surface area (Å²) in [5.74, 6) is -1.27. The molecule has 2 N–H and O–H groups in total. The van der Waals surface area contributed by atoms with E-state index in [-0.39, 0.29) is 18.4 Å². The summed E-state index contributed by atoms with van der Waals surface area (Å²) in [5.41, 5.74) is 1.84. The summed E-state index contributed by atoms with van der Waals surface area (Å²) < 4.78 is 1.66. The Morgan fingerprint density at radius 3 is 2.68 bits per heavy atom. The highest BCUT2D eigenvalue weighted by Crippen LogP contribution is 2.04. The molecule has 0 aliphatic heterocycles. The van der Waals surface area contributed by atoms with Crippen LogP contribution in [0.4, 0.5) is 0 Å². The highest BCUT2D eigenvalue weighted by Gasteiger charge is 2.10. The molecule has 0 aromatic carbocycles.